The number of halogens is 1. The molecule has 3 aromatic rings. The second kappa shape index (κ2) is 9.24. The van der Waals surface area contributed by atoms with Gasteiger partial charge in [-0.2, -0.15) is 0 Å². The normalized spacial score (nSPS) is 11.6. The molecule has 1 heterocycles. The molecule has 2 aromatic carbocycles. The Balaban J connectivity index is 1.52. The van der Waals surface area contributed by atoms with E-state index in [1.165, 1.54) is 0 Å². The monoisotopic (exact) mass is 395 g/mol. The predicted octanol–water partition coefficient (Wildman–Crippen LogP) is 4.11. The van der Waals surface area contributed by atoms with Gasteiger partial charge in [0.15, 0.2) is 0 Å². The number of benzene rings is 2. The molecule has 0 fully saturated rings. The van der Waals surface area contributed by atoms with E-state index in [1.54, 1.807) is 29.0 Å². The van der Waals surface area contributed by atoms with Crippen LogP contribution in [0.1, 0.15) is 29.7 Å². The SMILES string of the molecule is CC(NC(=O)NCc1ccc(Cn2ccccc2=O)cc1)c1ccccc1Cl. The van der Waals surface area contributed by atoms with Gasteiger partial charge in [0.2, 0.25) is 0 Å². The van der Waals surface area contributed by atoms with E-state index >= 15 is 0 Å². The molecule has 0 saturated heterocycles. The van der Waals surface area contributed by atoms with Crippen LogP contribution in [0.5, 0.6) is 0 Å². The lowest BCUT2D eigenvalue weighted by Gasteiger charge is -2.16. The minimum Gasteiger partial charge on any atom is -0.334 e. The number of rotatable bonds is 6. The number of amides is 2. The number of nitrogens with one attached hydrogen (secondary N) is 2. The van der Waals surface area contributed by atoms with Crippen LogP contribution < -0.4 is 16.2 Å². The molecule has 1 unspecified atom stereocenters. The maximum Gasteiger partial charge on any atom is 0.315 e. The highest BCUT2D eigenvalue weighted by atomic mass is 35.5. The third-order valence-electron chi connectivity index (χ3n) is 4.45. The molecule has 0 spiro atoms. The van der Waals surface area contributed by atoms with E-state index in [-0.39, 0.29) is 17.6 Å². The molecular formula is C22H22ClN3O2. The van der Waals surface area contributed by atoms with Crippen LogP contribution in [0.4, 0.5) is 4.79 Å². The summed E-state index contributed by atoms with van der Waals surface area (Å²) in [7, 11) is 0. The second-order valence-electron chi connectivity index (χ2n) is 6.55. The van der Waals surface area contributed by atoms with E-state index in [0.29, 0.717) is 18.1 Å². The van der Waals surface area contributed by atoms with Crippen LogP contribution in [0, 0.1) is 0 Å². The number of aromatic nitrogens is 1. The van der Waals surface area contributed by atoms with Crippen molar-refractivity contribution in [2.45, 2.75) is 26.1 Å². The Hall–Kier alpha value is -3.05. The van der Waals surface area contributed by atoms with Crippen molar-refractivity contribution < 1.29 is 4.79 Å². The number of carbonyl (C=O) groups is 1. The van der Waals surface area contributed by atoms with Crippen LogP contribution in [0.25, 0.3) is 0 Å². The molecule has 0 saturated carbocycles. The molecule has 1 atom stereocenters. The van der Waals surface area contributed by atoms with Crippen LogP contribution in [-0.2, 0) is 13.1 Å². The van der Waals surface area contributed by atoms with Crippen molar-refractivity contribution in [2.24, 2.45) is 0 Å². The van der Waals surface area contributed by atoms with Crippen LogP contribution in [0.3, 0.4) is 0 Å². The standard InChI is InChI=1S/C22H22ClN3O2/c1-16(19-6-2-3-7-20(19)23)25-22(28)24-14-17-9-11-18(12-10-17)15-26-13-5-4-8-21(26)27/h2-13,16H,14-15H2,1H3,(H2,24,25,28). The number of urea groups is 1. The van der Waals surface area contributed by atoms with Gasteiger partial charge in [0.25, 0.3) is 5.56 Å². The number of pyridine rings is 1. The molecule has 0 aliphatic rings. The minimum absolute atomic E-state index is 0.0300. The molecule has 3 rings (SSSR count). The second-order valence-corrected chi connectivity index (χ2v) is 6.96. The number of carbonyl (C=O) groups excluding carboxylic acids is 1. The summed E-state index contributed by atoms with van der Waals surface area (Å²) < 4.78 is 1.65. The Labute approximate surface area is 169 Å². The Morgan fingerprint density at radius 1 is 1.00 bits per heavy atom. The molecule has 0 radical (unpaired) electrons. The fourth-order valence-electron chi connectivity index (χ4n) is 2.88. The number of hydrogen-bond acceptors (Lipinski definition) is 2. The fourth-order valence-corrected chi connectivity index (χ4v) is 3.18. The highest BCUT2D eigenvalue weighted by molar-refractivity contribution is 6.31. The topological polar surface area (TPSA) is 63.1 Å². The Kier molecular flexibility index (Phi) is 6.50. The van der Waals surface area contributed by atoms with Crippen molar-refractivity contribution in [2.75, 3.05) is 0 Å². The van der Waals surface area contributed by atoms with Crippen LogP contribution in [0.15, 0.2) is 77.7 Å². The average Bonchev–Trinajstić information content (AvgIpc) is 2.69. The van der Waals surface area contributed by atoms with Crippen LogP contribution in [-0.4, -0.2) is 10.6 Å². The van der Waals surface area contributed by atoms with E-state index in [0.717, 1.165) is 16.7 Å². The van der Waals surface area contributed by atoms with Gasteiger partial charge in [0.05, 0.1) is 12.6 Å². The summed E-state index contributed by atoms with van der Waals surface area (Å²) in [5.74, 6) is 0. The molecule has 0 aliphatic heterocycles. The molecule has 0 aliphatic carbocycles. The summed E-state index contributed by atoms with van der Waals surface area (Å²) in [5.41, 5.74) is 2.84. The number of nitrogens with zero attached hydrogens (tertiary/aromatic N) is 1. The summed E-state index contributed by atoms with van der Waals surface area (Å²) in [5, 5.41) is 6.36. The van der Waals surface area contributed by atoms with Crippen molar-refractivity contribution in [1.82, 2.24) is 15.2 Å². The largest absolute Gasteiger partial charge is 0.334 e. The first-order chi connectivity index (χ1) is 13.5. The fraction of sp³-hybridized carbons (Fsp3) is 0.182. The molecule has 5 nitrogen and oxygen atoms in total. The lowest BCUT2D eigenvalue weighted by Crippen LogP contribution is -2.36. The van der Waals surface area contributed by atoms with Crippen molar-refractivity contribution in [3.05, 3.63) is 105 Å². The van der Waals surface area contributed by atoms with E-state index < -0.39 is 0 Å². The average molecular weight is 396 g/mol. The van der Waals surface area contributed by atoms with Crippen molar-refractivity contribution >= 4 is 17.6 Å². The summed E-state index contributed by atoms with van der Waals surface area (Å²) in [6.07, 6.45) is 1.77. The van der Waals surface area contributed by atoms with Gasteiger partial charge >= 0.3 is 6.03 Å². The first-order valence-electron chi connectivity index (χ1n) is 9.05. The smallest absolute Gasteiger partial charge is 0.315 e. The molecule has 2 N–H and O–H groups in total. The zero-order valence-electron chi connectivity index (χ0n) is 15.6. The molecule has 2 amide bonds. The minimum atomic E-state index is -0.257. The summed E-state index contributed by atoms with van der Waals surface area (Å²) >= 11 is 6.17. The first-order valence-corrected chi connectivity index (χ1v) is 9.43. The molecule has 0 bridgehead atoms. The zero-order valence-corrected chi connectivity index (χ0v) is 16.3. The van der Waals surface area contributed by atoms with E-state index in [4.69, 9.17) is 11.6 Å². The van der Waals surface area contributed by atoms with Gasteiger partial charge in [0.1, 0.15) is 0 Å². The van der Waals surface area contributed by atoms with Gasteiger partial charge in [-0.3, -0.25) is 4.79 Å². The van der Waals surface area contributed by atoms with E-state index in [2.05, 4.69) is 10.6 Å². The molecule has 6 heteroatoms. The Morgan fingerprint density at radius 2 is 1.68 bits per heavy atom. The van der Waals surface area contributed by atoms with Crippen LogP contribution in [0.2, 0.25) is 5.02 Å². The van der Waals surface area contributed by atoms with E-state index in [1.807, 2.05) is 55.5 Å². The van der Waals surface area contributed by atoms with Gasteiger partial charge in [-0.05, 0) is 35.7 Å². The van der Waals surface area contributed by atoms with E-state index in [9.17, 15) is 9.59 Å². The van der Waals surface area contributed by atoms with Gasteiger partial charge in [0, 0.05) is 23.8 Å². The third kappa shape index (κ3) is 5.24. The van der Waals surface area contributed by atoms with Crippen molar-refractivity contribution in [1.29, 1.82) is 0 Å². The highest BCUT2D eigenvalue weighted by Crippen LogP contribution is 2.21. The highest BCUT2D eigenvalue weighted by Gasteiger charge is 2.11. The van der Waals surface area contributed by atoms with Crippen LogP contribution >= 0.6 is 11.6 Å². The zero-order chi connectivity index (χ0) is 19.9. The molecular weight excluding hydrogens is 374 g/mol. The third-order valence-corrected chi connectivity index (χ3v) is 4.79. The summed E-state index contributed by atoms with van der Waals surface area (Å²) in [4.78, 5) is 23.9. The van der Waals surface area contributed by atoms with Gasteiger partial charge in [-0.25, -0.2) is 4.79 Å². The first kappa shape index (κ1) is 19.7. The van der Waals surface area contributed by atoms with Gasteiger partial charge < -0.3 is 15.2 Å². The quantitative estimate of drug-likeness (QED) is 0.659. The summed E-state index contributed by atoms with van der Waals surface area (Å²) in [6.45, 7) is 2.82. The molecule has 28 heavy (non-hydrogen) atoms. The molecule has 144 valence electrons. The van der Waals surface area contributed by atoms with Gasteiger partial charge in [-0.15, -0.1) is 0 Å². The maximum absolute atomic E-state index is 12.2. The summed E-state index contributed by atoms with van der Waals surface area (Å²) in [6, 6.07) is 19.9. The maximum atomic E-state index is 12.2. The molecule has 1 aromatic heterocycles. The van der Waals surface area contributed by atoms with Crippen molar-refractivity contribution in [3.63, 3.8) is 0 Å². The lowest BCUT2D eigenvalue weighted by atomic mass is 10.1. The predicted molar refractivity (Wildman–Crippen MR) is 111 cm³/mol. The lowest BCUT2D eigenvalue weighted by molar-refractivity contribution is 0.237. The van der Waals surface area contributed by atoms with Crippen molar-refractivity contribution in [3.8, 4) is 0 Å². The Morgan fingerprint density at radius 3 is 2.39 bits per heavy atom. The Bertz CT molecular complexity index is 999. The van der Waals surface area contributed by atoms with Gasteiger partial charge in [-0.1, -0.05) is 60.1 Å². The number of hydrogen-bond donors (Lipinski definition) is 2.